The van der Waals surface area contributed by atoms with Gasteiger partial charge in [-0.25, -0.2) is 0 Å². The van der Waals surface area contributed by atoms with Crippen LogP contribution in [0.25, 0.3) is 0 Å². The van der Waals surface area contributed by atoms with Crippen LogP contribution in [0.4, 0.5) is 0 Å². The molecule has 0 radical (unpaired) electrons. The van der Waals surface area contributed by atoms with Gasteiger partial charge in [0, 0.05) is 0 Å². The lowest BCUT2D eigenvalue weighted by molar-refractivity contribution is 1.50. The second-order valence-electron chi connectivity index (χ2n) is 1.05. The Bertz CT molecular complexity index is 124. The Morgan fingerprint density at radius 1 is 1.38 bits per heavy atom. The van der Waals surface area contributed by atoms with Gasteiger partial charge in [-0.15, -0.1) is 0 Å². The van der Waals surface area contributed by atoms with E-state index in [0.29, 0.717) is 0 Å². The Balaban J connectivity index is 4.00. The number of hydrogen-bond donors (Lipinski definition) is 2. The van der Waals surface area contributed by atoms with Crippen LogP contribution in [0.15, 0.2) is 22.5 Å². The van der Waals surface area contributed by atoms with Crippen LogP contribution in [-0.4, -0.2) is 0 Å². The topological polar surface area (TPSA) is 52.0 Å². The van der Waals surface area contributed by atoms with Crippen molar-refractivity contribution >= 4 is 23.2 Å². The molecule has 0 aliphatic heterocycles. The lowest BCUT2D eigenvalue weighted by Gasteiger charge is -1.86. The molecule has 0 saturated carbocycles. The maximum atomic E-state index is 5.37. The molecule has 0 heterocycles. The third kappa shape index (κ3) is 2.77. The van der Waals surface area contributed by atoms with Gasteiger partial charge >= 0.3 is 0 Å². The third-order valence-electron chi connectivity index (χ3n) is 0.471. The maximum absolute atomic E-state index is 5.37. The van der Waals surface area contributed by atoms with Crippen molar-refractivity contribution in [3.63, 3.8) is 0 Å². The largest absolute Gasteiger partial charge is 0.405 e. The molecule has 0 aromatic carbocycles. The Kier molecular flexibility index (Phi) is 3.48. The van der Waals surface area contributed by atoms with Crippen molar-refractivity contribution in [3.05, 3.63) is 22.5 Å². The van der Waals surface area contributed by atoms with Gasteiger partial charge in [0.1, 0.15) is 5.16 Å². The number of allylic oxidation sites excluding steroid dienone is 2. The highest BCUT2D eigenvalue weighted by molar-refractivity contribution is 6.39. The molecule has 46 valence electrons. The summed E-state index contributed by atoms with van der Waals surface area (Å²) in [5.74, 6) is 0. The van der Waals surface area contributed by atoms with Crippen molar-refractivity contribution in [1.82, 2.24) is 0 Å². The van der Waals surface area contributed by atoms with E-state index in [4.69, 9.17) is 34.7 Å². The molecule has 0 saturated heterocycles. The van der Waals surface area contributed by atoms with E-state index in [1.54, 1.807) is 0 Å². The van der Waals surface area contributed by atoms with Crippen molar-refractivity contribution < 1.29 is 0 Å². The maximum Gasteiger partial charge on any atom is 0.118 e. The summed E-state index contributed by atoms with van der Waals surface area (Å²) in [4.78, 5) is 0. The van der Waals surface area contributed by atoms with Crippen LogP contribution in [0.1, 0.15) is 0 Å². The molecule has 2 nitrogen and oxygen atoms in total. The molecule has 0 spiro atoms. The Labute approximate surface area is 57.7 Å². The number of hydrogen-bond acceptors (Lipinski definition) is 2. The molecule has 0 rings (SSSR count). The van der Waals surface area contributed by atoms with Gasteiger partial charge in [-0.05, 0) is 12.3 Å². The molecule has 0 fully saturated rings. The SMILES string of the molecule is N/C=C\C(Cl)=C(/N)Cl. The van der Waals surface area contributed by atoms with Crippen molar-refractivity contribution in [1.29, 1.82) is 0 Å². The van der Waals surface area contributed by atoms with Crippen LogP contribution < -0.4 is 11.5 Å². The zero-order chi connectivity index (χ0) is 6.57. The fourth-order valence-electron chi connectivity index (χ4n) is 0.164. The first kappa shape index (κ1) is 7.66. The average molecular weight is 153 g/mol. The van der Waals surface area contributed by atoms with Gasteiger partial charge in [0.05, 0.1) is 5.03 Å². The summed E-state index contributed by atoms with van der Waals surface area (Å²) in [5, 5.41) is 0.308. The van der Waals surface area contributed by atoms with E-state index in [0.717, 1.165) is 0 Å². The molecule has 4 N–H and O–H groups in total. The molecule has 0 amide bonds. The van der Waals surface area contributed by atoms with Crippen molar-refractivity contribution in [2.24, 2.45) is 11.5 Å². The first-order valence-electron chi connectivity index (χ1n) is 1.87. The van der Waals surface area contributed by atoms with Crippen molar-refractivity contribution in [3.8, 4) is 0 Å². The molecule has 0 bridgehead atoms. The summed E-state index contributed by atoms with van der Waals surface area (Å²) in [6, 6.07) is 0. The first-order chi connectivity index (χ1) is 3.68. The van der Waals surface area contributed by atoms with Gasteiger partial charge in [-0.1, -0.05) is 23.2 Å². The predicted molar refractivity (Wildman–Crippen MR) is 36.2 cm³/mol. The van der Waals surface area contributed by atoms with Crippen molar-refractivity contribution in [2.45, 2.75) is 0 Å². The fraction of sp³-hybridized carbons (Fsp3) is 0. The second-order valence-corrected chi connectivity index (χ2v) is 1.87. The molecule has 8 heavy (non-hydrogen) atoms. The Morgan fingerprint density at radius 2 is 1.88 bits per heavy atom. The van der Waals surface area contributed by atoms with Crippen molar-refractivity contribution in [2.75, 3.05) is 0 Å². The van der Waals surface area contributed by atoms with Gasteiger partial charge < -0.3 is 11.5 Å². The normalized spacial score (nSPS) is 14.2. The van der Waals surface area contributed by atoms with Crippen LogP contribution in [0.2, 0.25) is 0 Å². The minimum absolute atomic E-state index is 0.0494. The highest BCUT2D eigenvalue weighted by Gasteiger charge is 1.87. The van der Waals surface area contributed by atoms with Crippen LogP contribution in [-0.2, 0) is 0 Å². The minimum atomic E-state index is 0.0494. The van der Waals surface area contributed by atoms with E-state index in [1.165, 1.54) is 12.3 Å². The zero-order valence-corrected chi connectivity index (χ0v) is 5.58. The average Bonchev–Trinajstić information content (AvgIpc) is 1.67. The van der Waals surface area contributed by atoms with E-state index in [1.807, 2.05) is 0 Å². The lowest BCUT2D eigenvalue weighted by atomic mass is 10.6. The van der Waals surface area contributed by atoms with Gasteiger partial charge in [0.25, 0.3) is 0 Å². The van der Waals surface area contributed by atoms with Crippen LogP contribution in [0.5, 0.6) is 0 Å². The molecule has 0 atom stereocenters. The monoisotopic (exact) mass is 152 g/mol. The second kappa shape index (κ2) is 3.64. The smallest absolute Gasteiger partial charge is 0.118 e. The third-order valence-corrected chi connectivity index (χ3v) is 1.10. The molecule has 0 aliphatic rings. The number of nitrogens with two attached hydrogens (primary N) is 2. The first-order valence-corrected chi connectivity index (χ1v) is 2.63. The molecule has 4 heteroatoms. The van der Waals surface area contributed by atoms with Gasteiger partial charge in [0.15, 0.2) is 0 Å². The van der Waals surface area contributed by atoms with Crippen LogP contribution >= 0.6 is 23.2 Å². The van der Waals surface area contributed by atoms with E-state index in [9.17, 15) is 0 Å². The Morgan fingerprint density at radius 3 is 2.00 bits per heavy atom. The van der Waals surface area contributed by atoms with Gasteiger partial charge in [-0.2, -0.15) is 0 Å². The number of halogens is 2. The molecule has 0 aliphatic carbocycles. The van der Waals surface area contributed by atoms with E-state index in [2.05, 4.69) is 0 Å². The van der Waals surface area contributed by atoms with Crippen LogP contribution in [0, 0.1) is 0 Å². The highest BCUT2D eigenvalue weighted by Crippen LogP contribution is 2.08. The number of rotatable bonds is 1. The summed E-state index contributed by atoms with van der Waals surface area (Å²) in [6.07, 6.45) is 2.67. The quantitative estimate of drug-likeness (QED) is 0.437. The summed E-state index contributed by atoms with van der Waals surface area (Å²) in [5.41, 5.74) is 9.98. The zero-order valence-electron chi connectivity index (χ0n) is 4.07. The lowest BCUT2D eigenvalue weighted by Crippen LogP contribution is -1.89. The van der Waals surface area contributed by atoms with E-state index >= 15 is 0 Å². The summed E-state index contributed by atoms with van der Waals surface area (Å²) in [6.45, 7) is 0. The molecular weight excluding hydrogens is 147 g/mol. The van der Waals surface area contributed by atoms with Gasteiger partial charge in [0.2, 0.25) is 0 Å². The predicted octanol–water partition coefficient (Wildman–Crippen LogP) is 1.06. The standard InChI is InChI=1S/C4H6Cl2N2/c5-3(1-2-7)4(6)8/h1-2H,7-8H2/b2-1-,4-3+. The summed E-state index contributed by atoms with van der Waals surface area (Å²) < 4.78 is 0. The molecule has 0 aromatic heterocycles. The molecular formula is C4H6Cl2N2. The minimum Gasteiger partial charge on any atom is -0.405 e. The fourth-order valence-corrected chi connectivity index (χ4v) is 0.300. The highest BCUT2D eigenvalue weighted by atomic mass is 35.5. The summed E-state index contributed by atoms with van der Waals surface area (Å²) >= 11 is 10.6. The van der Waals surface area contributed by atoms with E-state index < -0.39 is 0 Å². The van der Waals surface area contributed by atoms with E-state index in [-0.39, 0.29) is 10.2 Å². The summed E-state index contributed by atoms with van der Waals surface area (Å²) in [7, 11) is 0. The molecule has 0 unspecified atom stereocenters. The van der Waals surface area contributed by atoms with Gasteiger partial charge in [-0.3, -0.25) is 0 Å². The Hall–Kier alpha value is -0.340. The molecule has 0 aromatic rings. The van der Waals surface area contributed by atoms with Crippen LogP contribution in [0.3, 0.4) is 0 Å².